The molecule has 100 valence electrons. The fourth-order valence-electron chi connectivity index (χ4n) is 1.40. The van der Waals surface area contributed by atoms with Crippen molar-refractivity contribution in [1.82, 2.24) is 0 Å². The monoisotopic (exact) mass is 317 g/mol. The molecule has 0 aromatic heterocycles. The molecule has 1 aromatic rings. The maximum absolute atomic E-state index is 11.6. The van der Waals surface area contributed by atoms with Crippen LogP contribution in [0.15, 0.2) is 16.6 Å². The quantitative estimate of drug-likeness (QED) is 0.714. The van der Waals surface area contributed by atoms with Gasteiger partial charge in [-0.05, 0) is 24.6 Å². The second-order valence-electron chi connectivity index (χ2n) is 3.86. The highest BCUT2D eigenvalue weighted by Crippen LogP contribution is 2.25. The lowest BCUT2D eigenvalue weighted by atomic mass is 10.1. The predicted molar refractivity (Wildman–Crippen MR) is 71.8 cm³/mol. The number of aliphatic hydroxyl groups excluding tert-OH is 2. The number of hydrogen-bond donors (Lipinski definition) is 3. The Balaban J connectivity index is 3.00. The smallest absolute Gasteiger partial charge is 0.340 e. The Bertz CT molecular complexity index is 436. The van der Waals surface area contributed by atoms with E-state index in [4.69, 9.17) is 9.84 Å². The first kappa shape index (κ1) is 14.9. The summed E-state index contributed by atoms with van der Waals surface area (Å²) in [7, 11) is 1.31. The number of rotatable bonds is 5. The van der Waals surface area contributed by atoms with Gasteiger partial charge in [-0.2, -0.15) is 0 Å². The first-order valence-corrected chi connectivity index (χ1v) is 6.20. The maximum atomic E-state index is 11.6. The molecule has 0 amide bonds. The van der Waals surface area contributed by atoms with Gasteiger partial charge in [-0.15, -0.1) is 0 Å². The minimum atomic E-state index is -0.876. The third-order valence-electron chi connectivity index (χ3n) is 2.44. The van der Waals surface area contributed by atoms with Crippen LogP contribution in [0.1, 0.15) is 15.9 Å². The van der Waals surface area contributed by atoms with Gasteiger partial charge in [0.05, 0.1) is 25.4 Å². The van der Waals surface area contributed by atoms with E-state index < -0.39 is 12.1 Å². The van der Waals surface area contributed by atoms with Gasteiger partial charge < -0.3 is 20.3 Å². The van der Waals surface area contributed by atoms with Crippen LogP contribution in [0.25, 0.3) is 0 Å². The molecule has 0 aliphatic heterocycles. The molecule has 0 aliphatic rings. The Morgan fingerprint density at radius 1 is 1.56 bits per heavy atom. The van der Waals surface area contributed by atoms with Gasteiger partial charge in [-0.3, -0.25) is 0 Å². The highest BCUT2D eigenvalue weighted by molar-refractivity contribution is 9.10. The zero-order valence-electron chi connectivity index (χ0n) is 10.2. The van der Waals surface area contributed by atoms with Gasteiger partial charge in [0.2, 0.25) is 0 Å². The number of aryl methyl sites for hydroxylation is 1. The zero-order valence-corrected chi connectivity index (χ0v) is 11.8. The van der Waals surface area contributed by atoms with Crippen molar-refractivity contribution in [3.05, 3.63) is 27.7 Å². The summed E-state index contributed by atoms with van der Waals surface area (Å²) in [6.07, 6.45) is -0.876. The lowest BCUT2D eigenvalue weighted by Crippen LogP contribution is -2.24. The first-order chi connectivity index (χ1) is 8.49. The van der Waals surface area contributed by atoms with Gasteiger partial charge >= 0.3 is 5.97 Å². The summed E-state index contributed by atoms with van der Waals surface area (Å²) in [5.41, 5.74) is 1.89. The van der Waals surface area contributed by atoms with Gasteiger partial charge in [0.1, 0.15) is 0 Å². The van der Waals surface area contributed by atoms with E-state index in [1.165, 1.54) is 7.11 Å². The zero-order chi connectivity index (χ0) is 13.7. The van der Waals surface area contributed by atoms with Gasteiger partial charge in [0.15, 0.2) is 0 Å². The van der Waals surface area contributed by atoms with Crippen LogP contribution in [0.3, 0.4) is 0 Å². The second kappa shape index (κ2) is 6.72. The SMILES string of the molecule is COC(=O)c1cc(Br)c(C)cc1NCC(O)CO. The molecule has 0 radical (unpaired) electrons. The van der Waals surface area contributed by atoms with Crippen LogP contribution in [0.5, 0.6) is 0 Å². The summed E-state index contributed by atoms with van der Waals surface area (Å²) in [4.78, 5) is 11.6. The average Bonchev–Trinajstić information content (AvgIpc) is 2.38. The molecular formula is C12H16BrNO4. The normalized spacial score (nSPS) is 12.1. The fraction of sp³-hybridized carbons (Fsp3) is 0.417. The number of nitrogens with one attached hydrogen (secondary N) is 1. The number of benzene rings is 1. The van der Waals surface area contributed by atoms with E-state index in [0.717, 1.165) is 10.0 Å². The van der Waals surface area contributed by atoms with Crippen LogP contribution < -0.4 is 5.32 Å². The van der Waals surface area contributed by atoms with E-state index in [2.05, 4.69) is 21.2 Å². The summed E-state index contributed by atoms with van der Waals surface area (Å²) in [6, 6.07) is 3.44. The number of anilines is 1. The minimum absolute atomic E-state index is 0.154. The van der Waals surface area contributed by atoms with Crippen molar-refractivity contribution in [3.63, 3.8) is 0 Å². The molecule has 1 atom stereocenters. The number of carbonyl (C=O) groups excluding carboxylic acids is 1. The van der Waals surface area contributed by atoms with E-state index in [1.807, 2.05) is 6.92 Å². The Kier molecular flexibility index (Phi) is 5.58. The molecule has 0 heterocycles. The Hall–Kier alpha value is -1.11. The number of halogens is 1. The number of aliphatic hydroxyl groups is 2. The maximum Gasteiger partial charge on any atom is 0.340 e. The van der Waals surface area contributed by atoms with Crippen LogP contribution in [0, 0.1) is 6.92 Å². The van der Waals surface area contributed by atoms with Crippen molar-refractivity contribution >= 4 is 27.6 Å². The number of ether oxygens (including phenoxy) is 1. The molecule has 0 bridgehead atoms. The van der Waals surface area contributed by atoms with Crippen molar-refractivity contribution in [2.24, 2.45) is 0 Å². The fourth-order valence-corrected chi connectivity index (χ4v) is 1.74. The molecule has 0 saturated carbocycles. The molecule has 0 aliphatic carbocycles. The molecule has 0 fully saturated rings. The third-order valence-corrected chi connectivity index (χ3v) is 3.30. The second-order valence-corrected chi connectivity index (χ2v) is 4.71. The van der Waals surface area contributed by atoms with E-state index >= 15 is 0 Å². The molecule has 1 aromatic carbocycles. The lowest BCUT2D eigenvalue weighted by Gasteiger charge is -2.14. The molecule has 5 nitrogen and oxygen atoms in total. The first-order valence-electron chi connectivity index (χ1n) is 5.40. The molecule has 0 spiro atoms. The largest absolute Gasteiger partial charge is 0.465 e. The topological polar surface area (TPSA) is 78.8 Å². The summed E-state index contributed by atoms with van der Waals surface area (Å²) < 4.78 is 5.50. The summed E-state index contributed by atoms with van der Waals surface area (Å²) >= 11 is 3.35. The van der Waals surface area contributed by atoms with E-state index in [9.17, 15) is 9.90 Å². The Morgan fingerprint density at radius 2 is 2.22 bits per heavy atom. The predicted octanol–water partition coefficient (Wildman–Crippen LogP) is 1.31. The van der Waals surface area contributed by atoms with Crippen LogP contribution in [-0.2, 0) is 4.74 Å². The molecule has 1 unspecified atom stereocenters. The van der Waals surface area contributed by atoms with Gasteiger partial charge in [0.25, 0.3) is 0 Å². The number of hydrogen-bond acceptors (Lipinski definition) is 5. The van der Waals surface area contributed by atoms with Gasteiger partial charge in [0, 0.05) is 16.7 Å². The Morgan fingerprint density at radius 3 is 2.78 bits per heavy atom. The molecule has 18 heavy (non-hydrogen) atoms. The van der Waals surface area contributed by atoms with Crippen molar-refractivity contribution in [2.45, 2.75) is 13.0 Å². The number of carbonyl (C=O) groups is 1. The molecule has 3 N–H and O–H groups in total. The standard InChI is InChI=1S/C12H16BrNO4/c1-7-3-11(14-5-8(16)6-15)9(4-10(7)13)12(17)18-2/h3-4,8,14-16H,5-6H2,1-2H3. The molecule has 1 rings (SSSR count). The van der Waals surface area contributed by atoms with Crippen molar-refractivity contribution < 1.29 is 19.7 Å². The third kappa shape index (κ3) is 3.69. The summed E-state index contributed by atoms with van der Waals surface area (Å²) in [5.74, 6) is -0.461. The van der Waals surface area contributed by atoms with Crippen molar-refractivity contribution in [1.29, 1.82) is 0 Å². The van der Waals surface area contributed by atoms with Gasteiger partial charge in [-0.25, -0.2) is 4.79 Å². The highest BCUT2D eigenvalue weighted by Gasteiger charge is 2.14. The molecule has 0 saturated heterocycles. The van der Waals surface area contributed by atoms with E-state index in [0.29, 0.717) is 11.3 Å². The van der Waals surface area contributed by atoms with Crippen LogP contribution in [0.2, 0.25) is 0 Å². The number of esters is 1. The van der Waals surface area contributed by atoms with Crippen molar-refractivity contribution in [2.75, 3.05) is 25.6 Å². The van der Waals surface area contributed by atoms with Crippen LogP contribution in [0.4, 0.5) is 5.69 Å². The molecular weight excluding hydrogens is 302 g/mol. The number of methoxy groups -OCH3 is 1. The van der Waals surface area contributed by atoms with Crippen LogP contribution in [-0.4, -0.2) is 42.5 Å². The summed E-state index contributed by atoms with van der Waals surface area (Å²) in [5, 5.41) is 21.0. The molecule has 6 heteroatoms. The van der Waals surface area contributed by atoms with Crippen LogP contribution >= 0.6 is 15.9 Å². The Labute approximate surface area is 114 Å². The highest BCUT2D eigenvalue weighted by atomic mass is 79.9. The minimum Gasteiger partial charge on any atom is -0.465 e. The summed E-state index contributed by atoms with van der Waals surface area (Å²) in [6.45, 7) is 1.70. The van der Waals surface area contributed by atoms with E-state index in [1.54, 1.807) is 12.1 Å². The lowest BCUT2D eigenvalue weighted by molar-refractivity contribution is 0.0601. The van der Waals surface area contributed by atoms with Crippen molar-refractivity contribution in [3.8, 4) is 0 Å². The average molecular weight is 318 g/mol. The van der Waals surface area contributed by atoms with E-state index in [-0.39, 0.29) is 13.2 Å². The van der Waals surface area contributed by atoms with Gasteiger partial charge in [-0.1, -0.05) is 15.9 Å².